The molecule has 0 aliphatic heterocycles. The van der Waals surface area contributed by atoms with Crippen molar-refractivity contribution < 1.29 is 4.79 Å². The van der Waals surface area contributed by atoms with Gasteiger partial charge in [-0.25, -0.2) is 0 Å². The molecule has 0 aliphatic rings. The van der Waals surface area contributed by atoms with E-state index in [2.05, 4.69) is 12.2 Å². The smallest absolute Gasteiger partial charge is 0.227 e. The molecule has 1 aromatic rings. The molecule has 0 saturated heterocycles. The summed E-state index contributed by atoms with van der Waals surface area (Å²) in [5.74, 6) is 0.0454. The van der Waals surface area contributed by atoms with Gasteiger partial charge in [-0.1, -0.05) is 31.9 Å². The lowest BCUT2D eigenvalue weighted by atomic mass is 10.2. The van der Waals surface area contributed by atoms with Gasteiger partial charge in [-0.2, -0.15) is 0 Å². The number of benzene rings is 1. The van der Waals surface area contributed by atoms with Crippen molar-refractivity contribution in [2.75, 3.05) is 17.6 Å². The summed E-state index contributed by atoms with van der Waals surface area (Å²) in [7, 11) is 0. The zero-order valence-corrected chi connectivity index (χ0v) is 11.1. The molecule has 0 aliphatic carbocycles. The molecule has 0 radical (unpaired) electrons. The monoisotopic (exact) mass is 252 g/mol. The minimum Gasteiger partial charge on any atom is -0.384 e. The summed E-state index contributed by atoms with van der Waals surface area (Å²) in [5, 5.41) is 3.40. The molecule has 4 heteroatoms. The Morgan fingerprint density at radius 1 is 1.35 bits per heavy atom. The second-order valence-corrected chi connectivity index (χ2v) is 4.90. The van der Waals surface area contributed by atoms with Crippen LogP contribution < -0.4 is 11.1 Å². The molecular formula is C13H20N2OS. The fourth-order valence-corrected chi connectivity index (χ4v) is 2.25. The summed E-state index contributed by atoms with van der Waals surface area (Å²) in [4.78, 5) is 11.9. The molecule has 0 bridgehead atoms. The summed E-state index contributed by atoms with van der Waals surface area (Å²) in [6, 6.07) is 8.02. The highest BCUT2D eigenvalue weighted by Gasteiger charge is 2.03. The van der Waals surface area contributed by atoms with Crippen LogP contribution in [0.1, 0.15) is 26.2 Å². The first-order chi connectivity index (χ1) is 8.24. The van der Waals surface area contributed by atoms with Gasteiger partial charge in [-0.15, -0.1) is 11.8 Å². The van der Waals surface area contributed by atoms with Crippen molar-refractivity contribution in [2.45, 2.75) is 31.1 Å². The third-order valence-electron chi connectivity index (χ3n) is 2.35. The van der Waals surface area contributed by atoms with Gasteiger partial charge in [0.15, 0.2) is 0 Å². The number of anilines is 1. The minimum absolute atomic E-state index is 0.282. The summed E-state index contributed by atoms with van der Waals surface area (Å²) >= 11 is 1.48. The van der Waals surface area contributed by atoms with E-state index in [4.69, 9.17) is 5.73 Å². The van der Waals surface area contributed by atoms with E-state index in [1.54, 1.807) is 0 Å². The Labute approximate surface area is 107 Å². The van der Waals surface area contributed by atoms with Crippen LogP contribution in [0.3, 0.4) is 0 Å². The van der Waals surface area contributed by atoms with Crippen LogP contribution in [-0.2, 0) is 4.79 Å². The van der Waals surface area contributed by atoms with Gasteiger partial charge in [-0.05, 0) is 18.6 Å². The fraction of sp³-hybridized carbons (Fsp3) is 0.462. The Morgan fingerprint density at radius 3 is 2.82 bits per heavy atom. The van der Waals surface area contributed by atoms with E-state index < -0.39 is 0 Å². The van der Waals surface area contributed by atoms with Crippen LogP contribution in [0.5, 0.6) is 0 Å². The lowest BCUT2D eigenvalue weighted by Gasteiger charge is -2.10. The molecule has 1 amide bonds. The third-order valence-corrected chi connectivity index (χ3v) is 3.45. The molecule has 1 rings (SSSR count). The van der Waals surface area contributed by atoms with E-state index >= 15 is 0 Å². The number of thioether (sulfide) groups is 1. The quantitative estimate of drug-likeness (QED) is 0.552. The van der Waals surface area contributed by atoms with Crippen LogP contribution in [0, 0.1) is 0 Å². The molecule has 0 unspecified atom stereocenters. The number of primary amides is 1. The molecule has 3 nitrogen and oxygen atoms in total. The molecular weight excluding hydrogens is 232 g/mol. The Hall–Kier alpha value is -1.16. The first-order valence-corrected chi connectivity index (χ1v) is 6.96. The highest BCUT2D eigenvalue weighted by atomic mass is 32.2. The van der Waals surface area contributed by atoms with Crippen molar-refractivity contribution in [3.63, 3.8) is 0 Å². The van der Waals surface area contributed by atoms with Crippen LogP contribution in [0.2, 0.25) is 0 Å². The van der Waals surface area contributed by atoms with Gasteiger partial charge in [0, 0.05) is 17.1 Å². The second kappa shape index (κ2) is 8.01. The number of rotatable bonds is 8. The predicted octanol–water partition coefficient (Wildman–Crippen LogP) is 2.87. The summed E-state index contributed by atoms with van der Waals surface area (Å²) in [6.07, 6.45) is 3.63. The number of hydrogen-bond donors (Lipinski definition) is 2. The lowest BCUT2D eigenvalue weighted by molar-refractivity contribution is -0.115. The minimum atomic E-state index is -0.282. The zero-order chi connectivity index (χ0) is 12.5. The number of nitrogens with two attached hydrogens (primary N) is 1. The number of unbranched alkanes of at least 4 members (excludes halogenated alkanes) is 2. The van der Waals surface area contributed by atoms with Crippen LogP contribution >= 0.6 is 11.8 Å². The lowest BCUT2D eigenvalue weighted by Crippen LogP contribution is -2.13. The SMILES string of the molecule is CCCCCNc1ccccc1SCC(N)=O. The third kappa shape index (κ3) is 5.63. The van der Waals surface area contributed by atoms with Crippen molar-refractivity contribution in [1.82, 2.24) is 0 Å². The largest absolute Gasteiger partial charge is 0.384 e. The number of carbonyl (C=O) groups excluding carboxylic acids is 1. The van der Waals surface area contributed by atoms with Crippen LogP contribution in [0.4, 0.5) is 5.69 Å². The molecule has 0 atom stereocenters. The maximum absolute atomic E-state index is 10.8. The summed E-state index contributed by atoms with van der Waals surface area (Å²) < 4.78 is 0. The van der Waals surface area contributed by atoms with Crippen LogP contribution in [-0.4, -0.2) is 18.2 Å². The topological polar surface area (TPSA) is 55.1 Å². The van der Waals surface area contributed by atoms with E-state index in [0.717, 1.165) is 17.1 Å². The van der Waals surface area contributed by atoms with Gasteiger partial charge >= 0.3 is 0 Å². The normalized spacial score (nSPS) is 10.2. The number of carbonyl (C=O) groups is 1. The zero-order valence-electron chi connectivity index (χ0n) is 10.2. The second-order valence-electron chi connectivity index (χ2n) is 3.89. The number of para-hydroxylation sites is 1. The van der Waals surface area contributed by atoms with E-state index in [9.17, 15) is 4.79 Å². The van der Waals surface area contributed by atoms with Crippen LogP contribution in [0.25, 0.3) is 0 Å². The molecule has 94 valence electrons. The standard InChI is InChI=1S/C13H20N2OS/c1-2-3-6-9-15-11-7-4-5-8-12(11)17-10-13(14)16/h4-5,7-8,15H,2-3,6,9-10H2,1H3,(H2,14,16). The highest BCUT2D eigenvalue weighted by Crippen LogP contribution is 2.26. The summed E-state index contributed by atoms with van der Waals surface area (Å²) in [5.41, 5.74) is 6.24. The predicted molar refractivity (Wildman–Crippen MR) is 74.4 cm³/mol. The van der Waals surface area contributed by atoms with Gasteiger partial charge in [0.2, 0.25) is 5.91 Å². The van der Waals surface area contributed by atoms with Gasteiger partial charge in [0.25, 0.3) is 0 Å². The highest BCUT2D eigenvalue weighted by molar-refractivity contribution is 8.00. The molecule has 0 spiro atoms. The molecule has 1 aromatic carbocycles. The Kier molecular flexibility index (Phi) is 6.55. The molecule has 0 heterocycles. The van der Waals surface area contributed by atoms with Gasteiger partial charge in [0.05, 0.1) is 5.75 Å². The summed E-state index contributed by atoms with van der Waals surface area (Å²) in [6.45, 7) is 3.17. The van der Waals surface area contributed by atoms with Gasteiger partial charge < -0.3 is 11.1 Å². The van der Waals surface area contributed by atoms with E-state index in [0.29, 0.717) is 5.75 Å². The average molecular weight is 252 g/mol. The Balaban J connectivity index is 2.48. The van der Waals surface area contributed by atoms with Crippen molar-refractivity contribution in [3.05, 3.63) is 24.3 Å². The molecule has 3 N–H and O–H groups in total. The Morgan fingerprint density at radius 2 is 2.12 bits per heavy atom. The molecule has 0 fully saturated rings. The van der Waals surface area contributed by atoms with Gasteiger partial charge in [0.1, 0.15) is 0 Å². The maximum Gasteiger partial charge on any atom is 0.227 e. The average Bonchev–Trinajstić information content (AvgIpc) is 2.33. The van der Waals surface area contributed by atoms with Crippen molar-refractivity contribution in [3.8, 4) is 0 Å². The molecule has 17 heavy (non-hydrogen) atoms. The van der Waals surface area contributed by atoms with Crippen molar-refractivity contribution in [1.29, 1.82) is 0 Å². The number of hydrogen-bond acceptors (Lipinski definition) is 3. The van der Waals surface area contributed by atoms with E-state index in [-0.39, 0.29) is 5.91 Å². The van der Waals surface area contributed by atoms with Crippen molar-refractivity contribution in [2.24, 2.45) is 5.73 Å². The first kappa shape index (κ1) is 13.9. The molecule has 0 aromatic heterocycles. The van der Waals surface area contributed by atoms with E-state index in [1.165, 1.54) is 31.0 Å². The van der Waals surface area contributed by atoms with E-state index in [1.807, 2.05) is 24.3 Å². The van der Waals surface area contributed by atoms with Crippen molar-refractivity contribution >= 4 is 23.4 Å². The van der Waals surface area contributed by atoms with Gasteiger partial charge in [-0.3, -0.25) is 4.79 Å². The Bertz CT molecular complexity index is 355. The van der Waals surface area contributed by atoms with Crippen LogP contribution in [0.15, 0.2) is 29.2 Å². The fourth-order valence-electron chi connectivity index (χ4n) is 1.49. The maximum atomic E-state index is 10.8. The molecule has 0 saturated carbocycles. The number of amides is 1. The number of nitrogens with one attached hydrogen (secondary N) is 1. The first-order valence-electron chi connectivity index (χ1n) is 5.98.